The number of halogens is 1. The van der Waals surface area contributed by atoms with Crippen LogP contribution in [0.3, 0.4) is 0 Å². The lowest BCUT2D eigenvalue weighted by Gasteiger charge is -2.13. The fourth-order valence-electron chi connectivity index (χ4n) is 2.03. The Morgan fingerprint density at radius 2 is 2.00 bits per heavy atom. The number of nitrogens with zero attached hydrogens (tertiary/aromatic N) is 4. The van der Waals surface area contributed by atoms with Crippen LogP contribution in [0.1, 0.15) is 16.8 Å². The molecular weight excluding hydrogens is 274 g/mol. The first-order chi connectivity index (χ1) is 9.56. The first-order valence-electron chi connectivity index (χ1n) is 6.26. The molecule has 0 aliphatic carbocycles. The molecule has 0 saturated heterocycles. The third-order valence-electron chi connectivity index (χ3n) is 3.28. The Labute approximate surface area is 121 Å². The second-order valence-corrected chi connectivity index (χ2v) is 5.16. The predicted molar refractivity (Wildman–Crippen MR) is 79.7 cm³/mol. The summed E-state index contributed by atoms with van der Waals surface area (Å²) >= 11 is 6.27. The highest BCUT2D eigenvalue weighted by Gasteiger charge is 2.12. The van der Waals surface area contributed by atoms with E-state index in [1.807, 2.05) is 39.0 Å². The quantitative estimate of drug-likeness (QED) is 0.784. The van der Waals surface area contributed by atoms with Gasteiger partial charge in [0, 0.05) is 11.3 Å². The van der Waals surface area contributed by atoms with Crippen molar-refractivity contribution in [2.45, 2.75) is 20.8 Å². The average Bonchev–Trinajstić information content (AvgIpc) is 2.85. The molecule has 1 aromatic carbocycles. The Morgan fingerprint density at radius 1 is 1.20 bits per heavy atom. The Morgan fingerprint density at radius 3 is 2.75 bits per heavy atom. The maximum absolute atomic E-state index is 6.27. The van der Waals surface area contributed by atoms with Gasteiger partial charge in [0.2, 0.25) is 0 Å². The Balaban J connectivity index is 2.14. The molecule has 0 aliphatic rings. The number of hydrogen-bond acceptors (Lipinski definition) is 4. The van der Waals surface area contributed by atoms with Gasteiger partial charge >= 0.3 is 0 Å². The summed E-state index contributed by atoms with van der Waals surface area (Å²) in [5.41, 5.74) is 3.88. The number of hydrogen-bond donors (Lipinski definition) is 1. The zero-order valence-corrected chi connectivity index (χ0v) is 12.2. The van der Waals surface area contributed by atoms with Crippen molar-refractivity contribution in [3.63, 3.8) is 0 Å². The number of anilines is 2. The lowest BCUT2D eigenvalue weighted by Crippen LogP contribution is -2.06. The lowest BCUT2D eigenvalue weighted by atomic mass is 10.2. The summed E-state index contributed by atoms with van der Waals surface area (Å²) in [5, 5.41) is 8.20. The third kappa shape index (κ3) is 2.10. The van der Waals surface area contributed by atoms with Gasteiger partial charge in [-0.15, -0.1) is 0 Å². The van der Waals surface area contributed by atoms with Crippen molar-refractivity contribution in [1.29, 1.82) is 0 Å². The molecule has 0 amide bonds. The second-order valence-electron chi connectivity index (χ2n) is 4.75. The maximum Gasteiger partial charge on any atom is 0.254 e. The van der Waals surface area contributed by atoms with Crippen molar-refractivity contribution in [3.8, 4) is 0 Å². The molecule has 3 rings (SSSR count). The number of rotatable bonds is 2. The van der Waals surface area contributed by atoms with Crippen LogP contribution >= 0.6 is 11.6 Å². The highest BCUT2D eigenvalue weighted by atomic mass is 35.5. The highest BCUT2D eigenvalue weighted by molar-refractivity contribution is 6.33. The van der Waals surface area contributed by atoms with E-state index in [-0.39, 0.29) is 0 Å². The van der Waals surface area contributed by atoms with Crippen LogP contribution in [0.4, 0.5) is 11.5 Å². The Bertz CT molecular complexity index is 794. The van der Waals surface area contributed by atoms with Gasteiger partial charge in [-0.2, -0.15) is 14.6 Å². The van der Waals surface area contributed by atoms with E-state index < -0.39 is 0 Å². The number of aromatic nitrogens is 4. The molecule has 2 heterocycles. The van der Waals surface area contributed by atoms with Crippen LogP contribution in [0.15, 0.2) is 24.5 Å². The maximum atomic E-state index is 6.27. The number of nitrogens with one attached hydrogen (secondary N) is 1. The molecule has 2 aromatic heterocycles. The van der Waals surface area contributed by atoms with Gasteiger partial charge in [-0.25, -0.2) is 4.98 Å². The minimum atomic E-state index is 0.568. The van der Waals surface area contributed by atoms with E-state index >= 15 is 0 Å². The van der Waals surface area contributed by atoms with Gasteiger partial charge in [0.15, 0.2) is 0 Å². The highest BCUT2D eigenvalue weighted by Crippen LogP contribution is 2.28. The Kier molecular flexibility index (Phi) is 3.06. The van der Waals surface area contributed by atoms with Crippen LogP contribution < -0.4 is 5.32 Å². The van der Waals surface area contributed by atoms with E-state index in [9.17, 15) is 0 Å². The van der Waals surface area contributed by atoms with E-state index in [1.54, 1.807) is 4.52 Å². The molecule has 0 bridgehead atoms. The van der Waals surface area contributed by atoms with E-state index in [0.29, 0.717) is 10.8 Å². The van der Waals surface area contributed by atoms with Crippen molar-refractivity contribution in [2.24, 2.45) is 0 Å². The fourth-order valence-corrected chi connectivity index (χ4v) is 2.31. The zero-order valence-electron chi connectivity index (χ0n) is 11.5. The lowest BCUT2D eigenvalue weighted by molar-refractivity contribution is 0.923. The van der Waals surface area contributed by atoms with E-state index in [2.05, 4.69) is 20.4 Å². The van der Waals surface area contributed by atoms with Gasteiger partial charge in [0.05, 0.1) is 10.7 Å². The summed E-state index contributed by atoms with van der Waals surface area (Å²) in [7, 11) is 0. The molecule has 3 aromatic rings. The van der Waals surface area contributed by atoms with Gasteiger partial charge in [-0.1, -0.05) is 17.7 Å². The molecule has 0 fully saturated rings. The molecule has 0 spiro atoms. The topological polar surface area (TPSA) is 55.1 Å². The molecule has 102 valence electrons. The van der Waals surface area contributed by atoms with Gasteiger partial charge in [-0.05, 0) is 38.5 Å². The normalized spacial score (nSPS) is 11.0. The Hall–Kier alpha value is -2.14. The van der Waals surface area contributed by atoms with Gasteiger partial charge in [-0.3, -0.25) is 0 Å². The minimum absolute atomic E-state index is 0.568. The van der Waals surface area contributed by atoms with Crippen LogP contribution in [-0.4, -0.2) is 19.6 Å². The third-order valence-corrected chi connectivity index (χ3v) is 3.60. The number of aryl methyl sites for hydroxylation is 2. The SMILES string of the molecule is Cc1ccc(Nc2c(C)c(C)nc3ncnn23)c(Cl)c1. The summed E-state index contributed by atoms with van der Waals surface area (Å²) in [5.74, 6) is 1.40. The molecule has 0 saturated carbocycles. The van der Waals surface area contributed by atoms with E-state index in [4.69, 9.17) is 11.6 Å². The predicted octanol–water partition coefficient (Wildman–Crippen LogP) is 3.45. The standard InChI is InChI=1S/C14H14ClN5/c1-8-4-5-12(11(15)6-8)19-13-9(2)10(3)18-14-16-7-17-20(13)14/h4-7,19H,1-3H3. The first-order valence-corrected chi connectivity index (χ1v) is 6.64. The fraction of sp³-hybridized carbons (Fsp3) is 0.214. The molecule has 0 atom stereocenters. The summed E-state index contributed by atoms with van der Waals surface area (Å²) < 4.78 is 1.68. The van der Waals surface area contributed by atoms with E-state index in [1.165, 1.54) is 6.33 Å². The largest absolute Gasteiger partial charge is 0.339 e. The molecule has 6 heteroatoms. The molecule has 0 radical (unpaired) electrons. The van der Waals surface area contributed by atoms with Gasteiger partial charge < -0.3 is 5.32 Å². The molecule has 0 aliphatic heterocycles. The molecule has 5 nitrogen and oxygen atoms in total. The van der Waals surface area contributed by atoms with Crippen molar-refractivity contribution < 1.29 is 0 Å². The number of fused-ring (bicyclic) bond motifs is 1. The van der Waals surface area contributed by atoms with Gasteiger partial charge in [0.1, 0.15) is 12.1 Å². The van der Waals surface area contributed by atoms with Gasteiger partial charge in [0.25, 0.3) is 5.78 Å². The van der Waals surface area contributed by atoms with Crippen molar-refractivity contribution >= 4 is 28.9 Å². The second kappa shape index (κ2) is 4.76. The van der Waals surface area contributed by atoms with Crippen LogP contribution in [0.5, 0.6) is 0 Å². The summed E-state index contributed by atoms with van der Waals surface area (Å²) in [6.07, 6.45) is 1.49. The first kappa shape index (κ1) is 12.9. The van der Waals surface area contributed by atoms with Crippen molar-refractivity contribution in [1.82, 2.24) is 19.6 Å². The van der Waals surface area contributed by atoms with Crippen molar-refractivity contribution in [3.05, 3.63) is 46.4 Å². The molecule has 0 unspecified atom stereocenters. The molecule has 20 heavy (non-hydrogen) atoms. The molecular formula is C14H14ClN5. The molecule has 1 N–H and O–H groups in total. The van der Waals surface area contributed by atoms with Crippen molar-refractivity contribution in [2.75, 3.05) is 5.32 Å². The average molecular weight is 288 g/mol. The van der Waals surface area contributed by atoms with Crippen LogP contribution in [0.2, 0.25) is 5.02 Å². The smallest absolute Gasteiger partial charge is 0.254 e. The van der Waals surface area contributed by atoms with E-state index in [0.717, 1.165) is 28.3 Å². The monoisotopic (exact) mass is 287 g/mol. The van der Waals surface area contributed by atoms with Crippen LogP contribution in [0.25, 0.3) is 5.78 Å². The number of benzene rings is 1. The summed E-state index contributed by atoms with van der Waals surface area (Å²) in [4.78, 5) is 8.52. The van der Waals surface area contributed by atoms with Crippen LogP contribution in [0, 0.1) is 20.8 Å². The zero-order chi connectivity index (χ0) is 14.3. The van der Waals surface area contributed by atoms with Crippen LogP contribution in [-0.2, 0) is 0 Å². The summed E-state index contributed by atoms with van der Waals surface area (Å²) in [6.45, 7) is 5.95. The summed E-state index contributed by atoms with van der Waals surface area (Å²) in [6, 6.07) is 5.89. The minimum Gasteiger partial charge on any atom is -0.339 e.